The number of hydrogen-bond acceptors (Lipinski definition) is 8. The first-order valence-corrected chi connectivity index (χ1v) is 12.9. The van der Waals surface area contributed by atoms with Crippen LogP contribution in [-0.2, 0) is 18.6 Å². The predicted molar refractivity (Wildman–Crippen MR) is 135 cm³/mol. The number of benzene rings is 2. The van der Waals surface area contributed by atoms with Crippen molar-refractivity contribution in [3.05, 3.63) is 87.7 Å². The molecule has 0 fully saturated rings. The summed E-state index contributed by atoms with van der Waals surface area (Å²) < 4.78 is 34.3. The molecular weight excluding hydrogens is 502 g/mol. The van der Waals surface area contributed by atoms with E-state index in [1.54, 1.807) is 6.92 Å². The van der Waals surface area contributed by atoms with Crippen LogP contribution in [0.5, 0.6) is 0 Å². The Morgan fingerprint density at radius 2 is 1.86 bits per heavy atom. The molecule has 0 saturated heterocycles. The van der Waals surface area contributed by atoms with Crippen molar-refractivity contribution in [3.8, 4) is 22.6 Å². The third-order valence-electron chi connectivity index (χ3n) is 6.09. The molecule has 2 atom stereocenters. The molecule has 0 spiro atoms. The number of nitrogens with zero attached hydrogens (tertiary/aromatic N) is 6. The molecule has 3 aromatic heterocycles. The van der Waals surface area contributed by atoms with E-state index in [4.69, 9.17) is 4.98 Å². The van der Waals surface area contributed by atoms with E-state index in [2.05, 4.69) is 19.4 Å². The van der Waals surface area contributed by atoms with E-state index in [0.29, 0.717) is 10.8 Å². The molecule has 0 amide bonds. The number of aryl methyl sites for hydroxylation is 1. The van der Waals surface area contributed by atoms with Crippen LogP contribution < -0.4 is 0 Å². The van der Waals surface area contributed by atoms with Gasteiger partial charge in [-0.05, 0) is 24.0 Å². The lowest BCUT2D eigenvalue weighted by Crippen LogP contribution is -2.38. The van der Waals surface area contributed by atoms with Crippen molar-refractivity contribution >= 4 is 22.9 Å². The van der Waals surface area contributed by atoms with Crippen LogP contribution >= 0.6 is 22.9 Å². The van der Waals surface area contributed by atoms with E-state index in [-0.39, 0.29) is 12.1 Å². The number of halogens is 2. The van der Waals surface area contributed by atoms with Crippen LogP contribution in [-0.4, -0.2) is 34.2 Å². The Morgan fingerprint density at radius 3 is 2.53 bits per heavy atom. The van der Waals surface area contributed by atoms with Gasteiger partial charge in [-0.15, -0.1) is 11.3 Å². The Hall–Kier alpha value is -3.41. The summed E-state index contributed by atoms with van der Waals surface area (Å²) in [6.07, 6.45) is 3.62. The maximum Gasteiger partial charge on any atom is 0.173 e. The van der Waals surface area contributed by atoms with Crippen LogP contribution in [0.2, 0.25) is 0 Å². The molecule has 0 saturated carbocycles. The lowest BCUT2D eigenvalue weighted by molar-refractivity contribution is -0.0112. The molecule has 184 valence electrons. The zero-order valence-electron chi connectivity index (χ0n) is 19.5. The Balaban J connectivity index is 1.45. The highest BCUT2D eigenvalue weighted by atomic mass is 32.1. The Bertz CT molecular complexity index is 1470. The van der Waals surface area contributed by atoms with Gasteiger partial charge in [-0.1, -0.05) is 44.2 Å². The van der Waals surface area contributed by atoms with E-state index in [1.807, 2.05) is 36.6 Å². The van der Waals surface area contributed by atoms with E-state index in [0.717, 1.165) is 40.4 Å². The molecule has 0 aliphatic carbocycles. The molecule has 36 heavy (non-hydrogen) atoms. The molecule has 11 heteroatoms. The highest BCUT2D eigenvalue weighted by Crippen LogP contribution is 2.41. The van der Waals surface area contributed by atoms with Crippen LogP contribution in [0.4, 0.5) is 8.78 Å². The standard InChI is InChI=1S/C25H22F2N6OS2/c1-3-22-31-23(32-36-22)17-6-4-16(5-7-17)21-11-35-24(30-21)15(2)25(34,12-33-14-28-13-29-33)19-9-8-18(26)10-20(19)27/h4-11,13-15,34H,3,12H2,1-2H3/t15-,25+/m0/s1. The molecule has 1 N–H and O–H groups in total. The van der Waals surface area contributed by atoms with Crippen molar-refractivity contribution in [3.63, 3.8) is 0 Å². The minimum atomic E-state index is -1.75. The summed E-state index contributed by atoms with van der Waals surface area (Å²) in [4.78, 5) is 13.2. The SMILES string of the molecule is CCc1nc(-c2ccc(-c3csc([C@H](C)[C@](O)(Cn4cncn4)c4ccc(F)cc4F)n3)cc2)ns1. The van der Waals surface area contributed by atoms with Gasteiger partial charge in [0.25, 0.3) is 0 Å². The Morgan fingerprint density at radius 1 is 1.08 bits per heavy atom. The molecule has 3 heterocycles. The van der Waals surface area contributed by atoms with Gasteiger partial charge in [0.1, 0.15) is 34.9 Å². The van der Waals surface area contributed by atoms with Crippen molar-refractivity contribution < 1.29 is 13.9 Å². The Labute approximate surface area is 214 Å². The second-order valence-corrected chi connectivity index (χ2v) is 10.1. The average Bonchev–Trinajstić information content (AvgIpc) is 3.65. The molecule has 0 radical (unpaired) electrons. The van der Waals surface area contributed by atoms with Crippen molar-refractivity contribution in [2.45, 2.75) is 38.3 Å². The summed E-state index contributed by atoms with van der Waals surface area (Å²) in [5.41, 5.74) is 0.768. The first-order valence-electron chi connectivity index (χ1n) is 11.3. The zero-order chi connectivity index (χ0) is 25.3. The fourth-order valence-corrected chi connectivity index (χ4v) is 5.55. The van der Waals surface area contributed by atoms with Crippen LogP contribution in [0.15, 0.2) is 60.5 Å². The second-order valence-electron chi connectivity index (χ2n) is 8.38. The number of aromatic nitrogens is 6. The highest BCUT2D eigenvalue weighted by Gasteiger charge is 2.41. The molecule has 0 aliphatic heterocycles. The second kappa shape index (κ2) is 9.92. The number of thiazole rings is 1. The van der Waals surface area contributed by atoms with E-state index in [9.17, 15) is 13.9 Å². The van der Waals surface area contributed by atoms with Gasteiger partial charge >= 0.3 is 0 Å². The van der Waals surface area contributed by atoms with Crippen LogP contribution in [0, 0.1) is 11.6 Å². The van der Waals surface area contributed by atoms with Gasteiger partial charge < -0.3 is 5.11 Å². The number of aliphatic hydroxyl groups is 1. The maximum atomic E-state index is 14.9. The minimum absolute atomic E-state index is 0.0322. The number of hydrogen-bond donors (Lipinski definition) is 1. The van der Waals surface area contributed by atoms with Gasteiger partial charge in [0.2, 0.25) is 0 Å². The molecule has 5 rings (SSSR count). The first-order chi connectivity index (χ1) is 17.4. The van der Waals surface area contributed by atoms with Gasteiger partial charge in [0, 0.05) is 34.1 Å². The average molecular weight is 525 g/mol. The van der Waals surface area contributed by atoms with Gasteiger partial charge in [0.05, 0.1) is 17.2 Å². The van der Waals surface area contributed by atoms with E-state index >= 15 is 0 Å². The third-order valence-corrected chi connectivity index (χ3v) is 7.97. The fourth-order valence-electron chi connectivity index (χ4n) is 3.99. The topological polar surface area (TPSA) is 89.6 Å². The van der Waals surface area contributed by atoms with E-state index in [1.165, 1.54) is 46.3 Å². The van der Waals surface area contributed by atoms with Crippen LogP contribution in [0.3, 0.4) is 0 Å². The molecule has 5 aromatic rings. The van der Waals surface area contributed by atoms with Crippen LogP contribution in [0.25, 0.3) is 22.6 Å². The molecule has 7 nitrogen and oxygen atoms in total. The number of rotatable bonds is 8. The quantitative estimate of drug-likeness (QED) is 0.290. The third kappa shape index (κ3) is 4.69. The smallest absolute Gasteiger partial charge is 0.173 e. The lowest BCUT2D eigenvalue weighted by Gasteiger charge is -2.33. The molecule has 2 aromatic carbocycles. The summed E-state index contributed by atoms with van der Waals surface area (Å²) in [5, 5.41) is 19.4. The minimum Gasteiger partial charge on any atom is -0.382 e. The summed E-state index contributed by atoms with van der Waals surface area (Å²) in [6, 6.07) is 11.0. The predicted octanol–water partition coefficient (Wildman–Crippen LogP) is 5.45. The summed E-state index contributed by atoms with van der Waals surface area (Å²) >= 11 is 2.77. The lowest BCUT2D eigenvalue weighted by atomic mass is 9.82. The van der Waals surface area contributed by atoms with Crippen molar-refractivity contribution in [2.75, 3.05) is 0 Å². The van der Waals surface area contributed by atoms with Crippen molar-refractivity contribution in [1.29, 1.82) is 0 Å². The largest absolute Gasteiger partial charge is 0.382 e. The normalized spacial score (nSPS) is 14.0. The zero-order valence-corrected chi connectivity index (χ0v) is 21.1. The van der Waals surface area contributed by atoms with Gasteiger partial charge in [0.15, 0.2) is 5.82 Å². The maximum absolute atomic E-state index is 14.9. The summed E-state index contributed by atoms with van der Waals surface area (Å²) in [6.45, 7) is 3.73. The molecule has 0 unspecified atom stereocenters. The summed E-state index contributed by atoms with van der Waals surface area (Å²) in [7, 11) is 0. The van der Waals surface area contributed by atoms with Crippen molar-refractivity contribution in [1.82, 2.24) is 29.1 Å². The highest BCUT2D eigenvalue weighted by molar-refractivity contribution is 7.10. The van der Waals surface area contributed by atoms with Gasteiger partial charge in [-0.25, -0.2) is 28.4 Å². The molecule has 0 bridgehead atoms. The molecular formula is C25H22F2N6OS2. The first kappa shape index (κ1) is 24.3. The van der Waals surface area contributed by atoms with Crippen LogP contribution in [0.1, 0.15) is 35.3 Å². The Kier molecular flexibility index (Phi) is 6.69. The summed E-state index contributed by atoms with van der Waals surface area (Å²) in [5.74, 6) is -1.48. The fraction of sp³-hybridized carbons (Fsp3) is 0.240. The monoisotopic (exact) mass is 524 g/mol. The molecule has 0 aliphatic rings. The van der Waals surface area contributed by atoms with E-state index < -0.39 is 23.2 Å². The van der Waals surface area contributed by atoms with Crippen molar-refractivity contribution in [2.24, 2.45) is 0 Å². The van der Waals surface area contributed by atoms with Gasteiger partial charge in [-0.3, -0.25) is 0 Å². The van der Waals surface area contributed by atoms with Gasteiger partial charge in [-0.2, -0.15) is 9.47 Å².